The predicted octanol–water partition coefficient (Wildman–Crippen LogP) is 3.24. The number of hydrogen-bond acceptors (Lipinski definition) is 3. The third-order valence-electron chi connectivity index (χ3n) is 4.15. The van der Waals surface area contributed by atoms with Gasteiger partial charge in [-0.2, -0.15) is 4.31 Å². The van der Waals surface area contributed by atoms with E-state index in [1.165, 1.54) is 0 Å². The molecular formula is C17H26N2O3S. The molecular weight excluding hydrogens is 312 g/mol. The fourth-order valence-corrected chi connectivity index (χ4v) is 4.38. The monoisotopic (exact) mass is 338 g/mol. The van der Waals surface area contributed by atoms with Crippen molar-refractivity contribution in [3.05, 3.63) is 24.3 Å². The Bertz CT molecular complexity index is 626. The summed E-state index contributed by atoms with van der Waals surface area (Å²) in [4.78, 5) is 12.0. The van der Waals surface area contributed by atoms with E-state index < -0.39 is 10.0 Å². The van der Waals surface area contributed by atoms with Crippen molar-refractivity contribution in [2.75, 3.05) is 18.4 Å². The number of carbonyl (C=O) groups is 1. The molecule has 1 fully saturated rings. The lowest BCUT2D eigenvalue weighted by Gasteiger charge is -2.30. The van der Waals surface area contributed by atoms with E-state index >= 15 is 0 Å². The average molecular weight is 338 g/mol. The summed E-state index contributed by atoms with van der Waals surface area (Å²) in [5, 5.41) is 2.79. The number of nitrogens with one attached hydrogen (secondary N) is 1. The Balaban J connectivity index is 2.04. The highest BCUT2D eigenvalue weighted by Crippen LogP contribution is 2.24. The van der Waals surface area contributed by atoms with Gasteiger partial charge in [-0.1, -0.05) is 20.3 Å². The van der Waals surface area contributed by atoms with Crippen LogP contribution in [0.25, 0.3) is 0 Å². The first kappa shape index (κ1) is 17.9. The quantitative estimate of drug-likeness (QED) is 0.866. The number of nitrogens with zero attached hydrogens (tertiary/aromatic N) is 1. The number of piperidine rings is 1. The summed E-state index contributed by atoms with van der Waals surface area (Å²) in [6.45, 7) is 5.28. The molecule has 1 aliphatic heterocycles. The SMILES string of the molecule is CCCCC(=O)Nc1ccc(S(=O)(=O)N2CCC[C@@H](C)C2)cc1. The second-order valence-corrected chi connectivity index (χ2v) is 8.22. The van der Waals surface area contributed by atoms with Gasteiger partial charge in [-0.3, -0.25) is 4.79 Å². The van der Waals surface area contributed by atoms with Crippen LogP contribution >= 0.6 is 0 Å². The normalized spacial score (nSPS) is 19.5. The Labute approximate surface area is 139 Å². The molecule has 1 heterocycles. The van der Waals surface area contributed by atoms with E-state index in [1.807, 2.05) is 6.92 Å². The van der Waals surface area contributed by atoms with E-state index in [-0.39, 0.29) is 10.8 Å². The number of hydrogen-bond donors (Lipinski definition) is 1. The predicted molar refractivity (Wildman–Crippen MR) is 91.8 cm³/mol. The van der Waals surface area contributed by atoms with E-state index in [1.54, 1.807) is 28.6 Å². The molecule has 0 saturated carbocycles. The van der Waals surface area contributed by atoms with Gasteiger partial charge >= 0.3 is 0 Å². The summed E-state index contributed by atoms with van der Waals surface area (Å²) in [6, 6.07) is 6.46. The topological polar surface area (TPSA) is 66.5 Å². The van der Waals surface area contributed by atoms with Gasteiger partial charge in [-0.25, -0.2) is 8.42 Å². The molecule has 1 amide bonds. The molecule has 0 aromatic heterocycles. The maximum atomic E-state index is 12.6. The van der Waals surface area contributed by atoms with Crippen LogP contribution in [0.2, 0.25) is 0 Å². The molecule has 0 unspecified atom stereocenters. The average Bonchev–Trinajstić information content (AvgIpc) is 2.53. The van der Waals surface area contributed by atoms with Crippen LogP contribution in [0.5, 0.6) is 0 Å². The molecule has 6 heteroatoms. The van der Waals surface area contributed by atoms with Gasteiger partial charge in [0.25, 0.3) is 0 Å². The molecule has 0 spiro atoms. The lowest BCUT2D eigenvalue weighted by Crippen LogP contribution is -2.39. The van der Waals surface area contributed by atoms with Gasteiger partial charge in [0.15, 0.2) is 0 Å². The van der Waals surface area contributed by atoms with Crippen molar-refractivity contribution in [3.63, 3.8) is 0 Å². The Morgan fingerprint density at radius 3 is 2.61 bits per heavy atom. The van der Waals surface area contributed by atoms with Gasteiger partial charge in [0.1, 0.15) is 0 Å². The molecule has 1 aromatic rings. The van der Waals surface area contributed by atoms with Crippen LogP contribution in [0.1, 0.15) is 46.0 Å². The molecule has 1 aromatic carbocycles. The summed E-state index contributed by atoms with van der Waals surface area (Å²) >= 11 is 0. The highest BCUT2D eigenvalue weighted by molar-refractivity contribution is 7.89. The molecule has 128 valence electrons. The van der Waals surface area contributed by atoms with E-state index in [2.05, 4.69) is 12.2 Å². The minimum atomic E-state index is -3.43. The molecule has 0 bridgehead atoms. The summed E-state index contributed by atoms with van der Waals surface area (Å²) in [7, 11) is -3.43. The zero-order valence-corrected chi connectivity index (χ0v) is 14.7. The Morgan fingerprint density at radius 2 is 2.00 bits per heavy atom. The summed E-state index contributed by atoms with van der Waals surface area (Å²) < 4.78 is 26.9. The molecule has 0 radical (unpaired) electrons. The van der Waals surface area contributed by atoms with E-state index in [0.717, 1.165) is 25.7 Å². The van der Waals surface area contributed by atoms with Crippen molar-refractivity contribution in [1.82, 2.24) is 4.31 Å². The van der Waals surface area contributed by atoms with Gasteiger partial charge in [-0.15, -0.1) is 0 Å². The fourth-order valence-electron chi connectivity index (χ4n) is 2.78. The van der Waals surface area contributed by atoms with Gasteiger partial charge < -0.3 is 5.32 Å². The van der Waals surface area contributed by atoms with Crippen LogP contribution in [0.15, 0.2) is 29.2 Å². The standard InChI is InChI=1S/C17H26N2O3S/c1-3-4-7-17(20)18-15-8-10-16(11-9-15)23(21,22)19-12-5-6-14(2)13-19/h8-11,14H,3-7,12-13H2,1-2H3,(H,18,20)/t14-/m1/s1. The smallest absolute Gasteiger partial charge is 0.243 e. The Morgan fingerprint density at radius 1 is 1.30 bits per heavy atom. The molecule has 0 aliphatic carbocycles. The van der Waals surface area contributed by atoms with Crippen molar-refractivity contribution >= 4 is 21.6 Å². The van der Waals surface area contributed by atoms with Crippen molar-refractivity contribution in [3.8, 4) is 0 Å². The van der Waals surface area contributed by atoms with Crippen LogP contribution in [0.4, 0.5) is 5.69 Å². The molecule has 5 nitrogen and oxygen atoms in total. The first-order chi connectivity index (χ1) is 10.9. The number of anilines is 1. The highest BCUT2D eigenvalue weighted by atomic mass is 32.2. The number of amides is 1. The van der Waals surface area contributed by atoms with Crippen molar-refractivity contribution < 1.29 is 13.2 Å². The van der Waals surface area contributed by atoms with Crippen LogP contribution in [-0.4, -0.2) is 31.7 Å². The molecule has 1 aliphatic rings. The highest BCUT2D eigenvalue weighted by Gasteiger charge is 2.28. The van der Waals surface area contributed by atoms with Gasteiger partial charge in [0.2, 0.25) is 15.9 Å². The van der Waals surface area contributed by atoms with Crippen molar-refractivity contribution in [2.45, 2.75) is 50.8 Å². The minimum absolute atomic E-state index is 0.0349. The molecule has 2 rings (SSSR count). The van der Waals surface area contributed by atoms with Crippen LogP contribution < -0.4 is 5.32 Å². The number of unbranched alkanes of at least 4 members (excludes halogenated alkanes) is 1. The van der Waals surface area contributed by atoms with Gasteiger partial charge in [0, 0.05) is 25.2 Å². The zero-order valence-electron chi connectivity index (χ0n) is 13.9. The lowest BCUT2D eigenvalue weighted by atomic mass is 10.0. The molecule has 23 heavy (non-hydrogen) atoms. The largest absolute Gasteiger partial charge is 0.326 e. The first-order valence-electron chi connectivity index (χ1n) is 8.33. The Kier molecular flexibility index (Phi) is 6.18. The maximum Gasteiger partial charge on any atom is 0.243 e. The zero-order chi connectivity index (χ0) is 16.9. The number of sulfonamides is 1. The third kappa shape index (κ3) is 4.78. The summed E-state index contributed by atoms with van der Waals surface area (Å²) in [6.07, 6.45) is 4.30. The third-order valence-corrected chi connectivity index (χ3v) is 6.03. The summed E-state index contributed by atoms with van der Waals surface area (Å²) in [5.41, 5.74) is 0.636. The molecule has 1 N–H and O–H groups in total. The van der Waals surface area contributed by atoms with Gasteiger partial charge in [-0.05, 0) is 49.4 Å². The van der Waals surface area contributed by atoms with E-state index in [9.17, 15) is 13.2 Å². The van der Waals surface area contributed by atoms with E-state index in [4.69, 9.17) is 0 Å². The second kappa shape index (κ2) is 7.93. The lowest BCUT2D eigenvalue weighted by molar-refractivity contribution is -0.116. The molecule has 1 atom stereocenters. The van der Waals surface area contributed by atoms with Crippen molar-refractivity contribution in [1.29, 1.82) is 0 Å². The minimum Gasteiger partial charge on any atom is -0.326 e. The number of rotatable bonds is 6. The fraction of sp³-hybridized carbons (Fsp3) is 0.588. The van der Waals surface area contributed by atoms with Crippen LogP contribution in [0, 0.1) is 5.92 Å². The summed E-state index contributed by atoms with van der Waals surface area (Å²) in [5.74, 6) is 0.364. The van der Waals surface area contributed by atoms with E-state index in [0.29, 0.717) is 31.1 Å². The van der Waals surface area contributed by atoms with Crippen LogP contribution in [0.3, 0.4) is 0 Å². The number of carbonyl (C=O) groups excluding carboxylic acids is 1. The van der Waals surface area contributed by atoms with Gasteiger partial charge in [0.05, 0.1) is 4.90 Å². The number of benzene rings is 1. The van der Waals surface area contributed by atoms with Crippen LogP contribution in [-0.2, 0) is 14.8 Å². The molecule has 1 saturated heterocycles. The first-order valence-corrected chi connectivity index (χ1v) is 9.77. The van der Waals surface area contributed by atoms with Crippen molar-refractivity contribution in [2.24, 2.45) is 5.92 Å². The second-order valence-electron chi connectivity index (χ2n) is 6.29. The Hall–Kier alpha value is -1.40. The maximum absolute atomic E-state index is 12.6.